The molecule has 0 unspecified atom stereocenters. The molecule has 0 saturated heterocycles. The third-order valence-electron chi connectivity index (χ3n) is 4.98. The van der Waals surface area contributed by atoms with Gasteiger partial charge in [0.05, 0.1) is 5.52 Å². The Bertz CT molecular complexity index is 1120. The molecular weight excluding hydrogens is 418 g/mol. The normalized spacial score (nSPS) is 18.8. The second-order valence-corrected chi connectivity index (χ2v) is 7.58. The molecule has 1 aliphatic carbocycles. The maximum absolute atomic E-state index is 14.0. The first-order chi connectivity index (χ1) is 14.6. The van der Waals surface area contributed by atoms with E-state index >= 15 is 0 Å². The van der Waals surface area contributed by atoms with Crippen LogP contribution in [0.15, 0.2) is 30.6 Å². The van der Waals surface area contributed by atoms with Gasteiger partial charge in [0.25, 0.3) is 0 Å². The fourth-order valence-corrected chi connectivity index (χ4v) is 3.35. The van der Waals surface area contributed by atoms with E-state index in [-0.39, 0.29) is 30.4 Å². The summed E-state index contributed by atoms with van der Waals surface area (Å²) in [5, 5.41) is 3.26. The minimum absolute atomic E-state index is 0.112. The second kappa shape index (κ2) is 7.78. The van der Waals surface area contributed by atoms with Crippen molar-refractivity contribution in [1.82, 2.24) is 19.5 Å². The Morgan fingerprint density at radius 3 is 2.68 bits per heavy atom. The number of hydrogen-bond acceptors (Lipinski definition) is 5. The predicted octanol–water partition coefficient (Wildman–Crippen LogP) is 4.31. The first-order valence-electron chi connectivity index (χ1n) is 9.57. The zero-order chi connectivity index (χ0) is 22.3. The number of amides is 1. The fraction of sp³-hybridized carbons (Fsp3) is 0.400. The molecule has 1 aliphatic rings. The third kappa shape index (κ3) is 4.44. The molecule has 7 nitrogen and oxygen atoms in total. The molecule has 0 aliphatic heterocycles. The Morgan fingerprint density at radius 1 is 1.29 bits per heavy atom. The number of nitrogens with zero attached hydrogens (tertiary/aromatic N) is 4. The summed E-state index contributed by atoms with van der Waals surface area (Å²) in [4.78, 5) is 23.2. The van der Waals surface area contributed by atoms with E-state index < -0.39 is 30.2 Å². The maximum atomic E-state index is 14.0. The van der Waals surface area contributed by atoms with Crippen LogP contribution in [0.2, 0.25) is 0 Å². The van der Waals surface area contributed by atoms with Crippen LogP contribution >= 0.6 is 0 Å². The number of rotatable bonds is 6. The lowest BCUT2D eigenvalue weighted by atomic mass is 9.83. The number of alkyl halides is 4. The van der Waals surface area contributed by atoms with Gasteiger partial charge in [-0.3, -0.25) is 4.79 Å². The molecule has 1 amide bonds. The topological polar surface area (TPSA) is 81.9 Å². The number of halogens is 4. The second-order valence-electron chi connectivity index (χ2n) is 7.58. The van der Waals surface area contributed by atoms with Gasteiger partial charge in [-0.15, -0.1) is 0 Å². The highest BCUT2D eigenvalue weighted by molar-refractivity contribution is 5.91. The number of carbonyl (C=O) groups is 1. The standard InChI is InChI=1S/C20H19F4N5O2/c1-10(30)26-15-7-14-11(9-25-15)3-4-29(14)16-8-17(28-19(27-16)20(2,23)24)31-13-5-12(6-13)18(21)22/h3-4,7-9,12-13,18H,5-6H2,1-2H3,(H,25,26,30). The van der Waals surface area contributed by atoms with E-state index in [4.69, 9.17) is 4.74 Å². The molecule has 31 heavy (non-hydrogen) atoms. The Kier molecular flexibility index (Phi) is 5.28. The summed E-state index contributed by atoms with van der Waals surface area (Å²) in [7, 11) is 0. The zero-order valence-electron chi connectivity index (χ0n) is 16.7. The lowest BCUT2D eigenvalue weighted by molar-refractivity contribution is -0.114. The summed E-state index contributed by atoms with van der Waals surface area (Å²) in [6, 6.07) is 4.68. The molecule has 11 heteroatoms. The number of fused-ring (bicyclic) bond motifs is 1. The molecule has 3 aromatic heterocycles. The van der Waals surface area contributed by atoms with Crippen molar-refractivity contribution in [1.29, 1.82) is 0 Å². The van der Waals surface area contributed by atoms with E-state index in [0.29, 0.717) is 23.6 Å². The number of ether oxygens (including phenoxy) is 1. The quantitative estimate of drug-likeness (QED) is 0.582. The predicted molar refractivity (Wildman–Crippen MR) is 104 cm³/mol. The van der Waals surface area contributed by atoms with E-state index in [1.807, 2.05) is 0 Å². The van der Waals surface area contributed by atoms with Crippen molar-refractivity contribution in [2.75, 3.05) is 5.32 Å². The first-order valence-corrected chi connectivity index (χ1v) is 9.57. The highest BCUT2D eigenvalue weighted by Gasteiger charge is 2.38. The molecule has 0 bridgehead atoms. The average molecular weight is 437 g/mol. The van der Waals surface area contributed by atoms with Crippen molar-refractivity contribution >= 4 is 22.6 Å². The molecule has 1 saturated carbocycles. The van der Waals surface area contributed by atoms with Gasteiger partial charge in [-0.1, -0.05) is 0 Å². The molecule has 1 N–H and O–H groups in total. The lowest BCUT2D eigenvalue weighted by Crippen LogP contribution is -2.37. The van der Waals surface area contributed by atoms with E-state index in [9.17, 15) is 22.4 Å². The van der Waals surface area contributed by atoms with Crippen LogP contribution < -0.4 is 10.1 Å². The summed E-state index contributed by atoms with van der Waals surface area (Å²) in [5.74, 6) is -4.87. The van der Waals surface area contributed by atoms with Crippen LogP contribution in [-0.2, 0) is 10.7 Å². The molecule has 3 aromatic rings. The molecular formula is C20H19F4N5O2. The molecule has 0 spiro atoms. The van der Waals surface area contributed by atoms with Gasteiger partial charge in [-0.25, -0.2) is 18.7 Å². The average Bonchev–Trinajstić information content (AvgIpc) is 3.05. The molecule has 164 valence electrons. The van der Waals surface area contributed by atoms with Crippen molar-refractivity contribution < 1.29 is 27.1 Å². The van der Waals surface area contributed by atoms with E-state index in [1.54, 1.807) is 18.3 Å². The van der Waals surface area contributed by atoms with Crippen molar-refractivity contribution in [3.8, 4) is 11.7 Å². The first kappa shape index (κ1) is 21.0. The van der Waals surface area contributed by atoms with Gasteiger partial charge in [-0.2, -0.15) is 13.8 Å². The zero-order valence-corrected chi connectivity index (χ0v) is 16.7. The number of pyridine rings is 1. The summed E-state index contributed by atoms with van der Waals surface area (Å²) in [6.45, 7) is 2.01. The Hall–Kier alpha value is -3.24. The minimum atomic E-state index is -3.34. The van der Waals surface area contributed by atoms with Crippen LogP contribution in [0.4, 0.5) is 23.4 Å². The number of carbonyl (C=O) groups excluding carboxylic acids is 1. The maximum Gasteiger partial charge on any atom is 0.304 e. The van der Waals surface area contributed by atoms with Crippen molar-refractivity contribution in [3.05, 3.63) is 36.4 Å². The van der Waals surface area contributed by atoms with Gasteiger partial charge in [-0.05, 0) is 18.9 Å². The smallest absolute Gasteiger partial charge is 0.304 e. The number of anilines is 1. The Labute approximate surface area is 174 Å². The largest absolute Gasteiger partial charge is 0.474 e. The highest BCUT2D eigenvalue weighted by Crippen LogP contribution is 2.36. The van der Waals surface area contributed by atoms with E-state index in [2.05, 4.69) is 20.3 Å². The van der Waals surface area contributed by atoms with Crippen LogP contribution in [0.5, 0.6) is 5.88 Å². The van der Waals surface area contributed by atoms with Gasteiger partial charge in [0.1, 0.15) is 17.7 Å². The molecule has 0 aromatic carbocycles. The lowest BCUT2D eigenvalue weighted by Gasteiger charge is -2.34. The SMILES string of the molecule is CC(=O)Nc1cc2c(ccn2-c2cc(OC3CC(C(F)F)C3)nc(C(C)(F)F)n2)cn1. The van der Waals surface area contributed by atoms with Crippen LogP contribution in [0.25, 0.3) is 16.7 Å². The number of aromatic nitrogens is 4. The third-order valence-corrected chi connectivity index (χ3v) is 4.98. The summed E-state index contributed by atoms with van der Waals surface area (Å²) < 4.78 is 60.6. The van der Waals surface area contributed by atoms with Crippen molar-refractivity contribution in [3.63, 3.8) is 0 Å². The minimum Gasteiger partial charge on any atom is -0.474 e. The van der Waals surface area contributed by atoms with E-state index in [1.165, 1.54) is 23.8 Å². The van der Waals surface area contributed by atoms with Gasteiger partial charge in [0, 0.05) is 49.7 Å². The Morgan fingerprint density at radius 2 is 2.03 bits per heavy atom. The van der Waals surface area contributed by atoms with Crippen LogP contribution in [0.3, 0.4) is 0 Å². The summed E-state index contributed by atoms with van der Waals surface area (Å²) in [6.07, 6.45) is 0.458. The van der Waals surface area contributed by atoms with Crippen molar-refractivity contribution in [2.45, 2.75) is 45.1 Å². The molecule has 0 atom stereocenters. The van der Waals surface area contributed by atoms with Crippen LogP contribution in [0.1, 0.15) is 32.5 Å². The monoisotopic (exact) mass is 437 g/mol. The molecule has 0 radical (unpaired) electrons. The molecule has 4 rings (SSSR count). The van der Waals surface area contributed by atoms with Crippen molar-refractivity contribution in [2.24, 2.45) is 5.92 Å². The van der Waals surface area contributed by atoms with Gasteiger partial charge >= 0.3 is 5.92 Å². The molecule has 1 fully saturated rings. The van der Waals surface area contributed by atoms with Gasteiger partial charge in [0.15, 0.2) is 0 Å². The highest BCUT2D eigenvalue weighted by atomic mass is 19.3. The number of nitrogens with one attached hydrogen (secondary N) is 1. The van der Waals surface area contributed by atoms with Gasteiger partial charge in [0.2, 0.25) is 24.0 Å². The summed E-state index contributed by atoms with van der Waals surface area (Å²) >= 11 is 0. The van der Waals surface area contributed by atoms with Gasteiger partial charge < -0.3 is 14.6 Å². The summed E-state index contributed by atoms with van der Waals surface area (Å²) in [5.41, 5.74) is 0.565. The fourth-order valence-electron chi connectivity index (χ4n) is 3.35. The Balaban J connectivity index is 1.71. The van der Waals surface area contributed by atoms with Crippen LogP contribution in [0, 0.1) is 5.92 Å². The number of hydrogen-bond donors (Lipinski definition) is 1. The molecule has 3 heterocycles. The van der Waals surface area contributed by atoms with E-state index in [0.717, 1.165) is 0 Å². The van der Waals surface area contributed by atoms with Crippen LogP contribution in [-0.4, -0.2) is 38.0 Å².